The van der Waals surface area contributed by atoms with E-state index in [0.717, 1.165) is 41.7 Å². The van der Waals surface area contributed by atoms with Crippen LogP contribution in [0.2, 0.25) is 0 Å². The molecule has 2 rings (SSSR count). The van der Waals surface area contributed by atoms with Gasteiger partial charge in [-0.1, -0.05) is 12.1 Å². The van der Waals surface area contributed by atoms with E-state index in [2.05, 4.69) is 20.6 Å². The number of pyridine rings is 1. The Kier molecular flexibility index (Phi) is 7.56. The fourth-order valence-electron chi connectivity index (χ4n) is 2.36. The molecule has 1 aromatic heterocycles. The molecule has 0 atom stereocenters. The Labute approximate surface area is 149 Å². The number of hydrogen-bond acceptors (Lipinski definition) is 4. The van der Waals surface area contributed by atoms with E-state index in [4.69, 9.17) is 9.47 Å². The van der Waals surface area contributed by atoms with E-state index < -0.39 is 0 Å². The lowest BCUT2D eigenvalue weighted by molar-refractivity contribution is 0.310. The molecule has 0 aliphatic rings. The summed E-state index contributed by atoms with van der Waals surface area (Å²) in [6, 6.07) is 11.8. The number of ether oxygens (including phenoxy) is 2. The molecule has 0 aliphatic carbocycles. The predicted octanol–water partition coefficient (Wildman–Crippen LogP) is 2.40. The van der Waals surface area contributed by atoms with Crippen molar-refractivity contribution in [2.75, 3.05) is 27.3 Å². The summed E-state index contributed by atoms with van der Waals surface area (Å²) in [5, 5.41) is 6.59. The minimum absolute atomic E-state index is 0.612. The third-order valence-corrected chi connectivity index (χ3v) is 3.61. The van der Waals surface area contributed by atoms with Crippen molar-refractivity contribution in [3.05, 3.63) is 53.9 Å². The molecule has 0 amide bonds. The van der Waals surface area contributed by atoms with E-state index >= 15 is 0 Å². The lowest BCUT2D eigenvalue weighted by atomic mass is 10.2. The lowest BCUT2D eigenvalue weighted by Crippen LogP contribution is -2.37. The van der Waals surface area contributed by atoms with E-state index in [0.29, 0.717) is 13.2 Å². The van der Waals surface area contributed by atoms with Gasteiger partial charge in [-0.05, 0) is 36.8 Å². The van der Waals surface area contributed by atoms with Crippen LogP contribution in [0.5, 0.6) is 11.5 Å². The molecule has 0 radical (unpaired) electrons. The van der Waals surface area contributed by atoms with Crippen LogP contribution in [0, 0.1) is 0 Å². The van der Waals surface area contributed by atoms with Crippen molar-refractivity contribution < 1.29 is 9.47 Å². The van der Waals surface area contributed by atoms with E-state index in [1.165, 1.54) is 0 Å². The van der Waals surface area contributed by atoms with Crippen molar-refractivity contribution in [3.63, 3.8) is 0 Å². The third-order valence-electron chi connectivity index (χ3n) is 3.61. The summed E-state index contributed by atoms with van der Waals surface area (Å²) in [4.78, 5) is 8.55. The molecule has 134 valence electrons. The van der Waals surface area contributed by atoms with Crippen molar-refractivity contribution in [1.82, 2.24) is 15.6 Å². The van der Waals surface area contributed by atoms with Crippen molar-refractivity contribution in [2.45, 2.75) is 19.9 Å². The summed E-state index contributed by atoms with van der Waals surface area (Å²) in [5.74, 6) is 2.25. The van der Waals surface area contributed by atoms with Crippen LogP contribution in [0.15, 0.2) is 47.6 Å². The molecule has 1 aromatic carbocycles. The van der Waals surface area contributed by atoms with E-state index in [1.54, 1.807) is 14.2 Å². The van der Waals surface area contributed by atoms with Crippen LogP contribution in [-0.2, 0) is 13.0 Å². The van der Waals surface area contributed by atoms with Crippen LogP contribution in [0.3, 0.4) is 0 Å². The highest BCUT2D eigenvalue weighted by atomic mass is 16.5. The van der Waals surface area contributed by atoms with Gasteiger partial charge in [0.25, 0.3) is 0 Å². The molecular formula is C19H26N4O2. The van der Waals surface area contributed by atoms with Gasteiger partial charge in [0.1, 0.15) is 0 Å². The van der Waals surface area contributed by atoms with Gasteiger partial charge < -0.3 is 20.1 Å². The van der Waals surface area contributed by atoms with Gasteiger partial charge in [-0.15, -0.1) is 0 Å². The van der Waals surface area contributed by atoms with Gasteiger partial charge >= 0.3 is 0 Å². The predicted molar refractivity (Wildman–Crippen MR) is 100 cm³/mol. The summed E-state index contributed by atoms with van der Waals surface area (Å²) in [6.45, 7) is 3.98. The number of rotatable bonds is 8. The Balaban J connectivity index is 1.84. The summed E-state index contributed by atoms with van der Waals surface area (Å²) >= 11 is 0. The molecule has 2 aromatic rings. The summed E-state index contributed by atoms with van der Waals surface area (Å²) in [5.41, 5.74) is 2.15. The normalized spacial score (nSPS) is 11.1. The molecule has 0 bridgehead atoms. The quantitative estimate of drug-likeness (QED) is 0.569. The second-order valence-corrected chi connectivity index (χ2v) is 5.34. The van der Waals surface area contributed by atoms with Crippen molar-refractivity contribution in [2.24, 2.45) is 4.99 Å². The molecule has 0 saturated carbocycles. The highest BCUT2D eigenvalue weighted by molar-refractivity contribution is 5.79. The van der Waals surface area contributed by atoms with Crippen LogP contribution >= 0.6 is 0 Å². The summed E-state index contributed by atoms with van der Waals surface area (Å²) in [7, 11) is 3.40. The average molecular weight is 342 g/mol. The zero-order valence-corrected chi connectivity index (χ0v) is 15.1. The maximum atomic E-state index is 5.54. The number of benzene rings is 1. The number of aromatic nitrogens is 1. The Morgan fingerprint density at radius 2 is 2.04 bits per heavy atom. The number of methoxy groups -OCH3 is 1. The van der Waals surface area contributed by atoms with Crippen LogP contribution in [0.4, 0.5) is 0 Å². The largest absolute Gasteiger partial charge is 0.493 e. The maximum Gasteiger partial charge on any atom is 0.191 e. The maximum absolute atomic E-state index is 5.54. The Bertz CT molecular complexity index is 674. The first-order valence-corrected chi connectivity index (χ1v) is 8.41. The monoisotopic (exact) mass is 342 g/mol. The highest BCUT2D eigenvalue weighted by Gasteiger charge is 2.06. The minimum Gasteiger partial charge on any atom is -0.493 e. The fourth-order valence-corrected chi connectivity index (χ4v) is 2.36. The van der Waals surface area contributed by atoms with Gasteiger partial charge in [0.2, 0.25) is 0 Å². The number of hydrogen-bond donors (Lipinski definition) is 2. The van der Waals surface area contributed by atoms with Gasteiger partial charge in [-0.25, -0.2) is 0 Å². The van der Waals surface area contributed by atoms with Crippen LogP contribution in [-0.4, -0.2) is 38.3 Å². The molecular weight excluding hydrogens is 316 g/mol. The van der Waals surface area contributed by atoms with Crippen molar-refractivity contribution >= 4 is 5.96 Å². The van der Waals surface area contributed by atoms with Gasteiger partial charge in [0, 0.05) is 38.4 Å². The van der Waals surface area contributed by atoms with Crippen LogP contribution in [0.25, 0.3) is 0 Å². The first kappa shape index (κ1) is 18.6. The van der Waals surface area contributed by atoms with Gasteiger partial charge in [0.05, 0.1) is 13.7 Å². The average Bonchev–Trinajstić information content (AvgIpc) is 2.66. The topological polar surface area (TPSA) is 67.8 Å². The molecule has 0 unspecified atom stereocenters. The number of nitrogens with zero attached hydrogens (tertiary/aromatic N) is 2. The lowest BCUT2D eigenvalue weighted by Gasteiger charge is -2.14. The highest BCUT2D eigenvalue weighted by Crippen LogP contribution is 2.27. The molecule has 0 saturated heterocycles. The Hall–Kier alpha value is -2.76. The second kappa shape index (κ2) is 10.2. The smallest absolute Gasteiger partial charge is 0.191 e. The molecule has 2 N–H and O–H groups in total. The first-order chi connectivity index (χ1) is 12.3. The Morgan fingerprint density at radius 1 is 1.16 bits per heavy atom. The fraction of sp³-hybridized carbons (Fsp3) is 0.368. The standard InChI is InChI=1S/C19H26N4O2/c1-4-25-17-9-8-15(13-18(17)24-3)14-23-19(20-2)22-12-10-16-7-5-6-11-21-16/h5-9,11,13H,4,10,12,14H2,1-3H3,(H2,20,22,23). The minimum atomic E-state index is 0.612. The number of guanidine groups is 1. The van der Waals surface area contributed by atoms with Crippen molar-refractivity contribution in [1.29, 1.82) is 0 Å². The summed E-state index contributed by atoms with van der Waals surface area (Å²) < 4.78 is 10.9. The van der Waals surface area contributed by atoms with E-state index in [-0.39, 0.29) is 0 Å². The zero-order chi connectivity index (χ0) is 17.9. The van der Waals surface area contributed by atoms with E-state index in [1.807, 2.05) is 49.5 Å². The second-order valence-electron chi connectivity index (χ2n) is 5.34. The molecule has 0 spiro atoms. The van der Waals surface area contributed by atoms with Gasteiger partial charge in [-0.2, -0.15) is 0 Å². The molecule has 0 aliphatic heterocycles. The molecule has 0 fully saturated rings. The molecule has 1 heterocycles. The van der Waals surface area contributed by atoms with Crippen LogP contribution in [0.1, 0.15) is 18.2 Å². The first-order valence-electron chi connectivity index (χ1n) is 8.41. The molecule has 6 nitrogen and oxygen atoms in total. The Morgan fingerprint density at radius 3 is 2.72 bits per heavy atom. The molecule has 6 heteroatoms. The SMILES string of the molecule is CCOc1ccc(CNC(=NC)NCCc2ccccn2)cc1OC. The van der Waals surface area contributed by atoms with Crippen LogP contribution < -0.4 is 20.1 Å². The van der Waals surface area contributed by atoms with E-state index in [9.17, 15) is 0 Å². The van der Waals surface area contributed by atoms with Gasteiger partial charge in [-0.3, -0.25) is 9.98 Å². The third kappa shape index (κ3) is 5.99. The van der Waals surface area contributed by atoms with Crippen molar-refractivity contribution in [3.8, 4) is 11.5 Å². The number of aliphatic imine (C=N–C) groups is 1. The molecule has 25 heavy (non-hydrogen) atoms. The van der Waals surface area contributed by atoms with Gasteiger partial charge in [0.15, 0.2) is 17.5 Å². The summed E-state index contributed by atoms with van der Waals surface area (Å²) in [6.07, 6.45) is 2.65. The number of nitrogens with one attached hydrogen (secondary N) is 2. The zero-order valence-electron chi connectivity index (χ0n) is 15.1.